The van der Waals surface area contributed by atoms with Crippen LogP contribution in [0, 0.1) is 0 Å². The summed E-state index contributed by atoms with van der Waals surface area (Å²) >= 11 is 0. The van der Waals surface area contributed by atoms with Crippen LogP contribution < -0.4 is 0 Å². The molecule has 3 heteroatoms. The Morgan fingerprint density at radius 3 is 2.64 bits per heavy atom. The Morgan fingerprint density at radius 1 is 1.27 bits per heavy atom. The maximum Gasteiger partial charge on any atom is 0.0835 e. The summed E-state index contributed by atoms with van der Waals surface area (Å²) in [7, 11) is 0. The SMILES string of the molecule is OCCO[C@H]1CCCC[C@H]1O. The number of hydrogen-bond donors (Lipinski definition) is 2. The van der Waals surface area contributed by atoms with Crippen LogP contribution >= 0.6 is 0 Å². The van der Waals surface area contributed by atoms with Gasteiger partial charge in [-0.3, -0.25) is 0 Å². The van der Waals surface area contributed by atoms with Crippen LogP contribution in [0.4, 0.5) is 0 Å². The maximum absolute atomic E-state index is 9.39. The van der Waals surface area contributed by atoms with Crippen molar-refractivity contribution in [1.82, 2.24) is 0 Å². The van der Waals surface area contributed by atoms with Crippen LogP contribution in [0.5, 0.6) is 0 Å². The van der Waals surface area contributed by atoms with Crippen LogP contribution in [0.2, 0.25) is 0 Å². The second-order valence-corrected chi connectivity index (χ2v) is 2.98. The predicted molar refractivity (Wildman–Crippen MR) is 41.3 cm³/mol. The highest BCUT2D eigenvalue weighted by atomic mass is 16.5. The molecule has 1 rings (SSSR count). The normalized spacial score (nSPS) is 32.2. The molecule has 0 bridgehead atoms. The van der Waals surface area contributed by atoms with E-state index in [1.807, 2.05) is 0 Å². The molecule has 2 N–H and O–H groups in total. The molecule has 0 radical (unpaired) electrons. The van der Waals surface area contributed by atoms with Crippen LogP contribution in [0.1, 0.15) is 25.7 Å². The standard InChI is InChI=1S/C8H16O3/c9-5-6-11-8-4-2-1-3-7(8)10/h7-10H,1-6H2/t7-,8+/m1/s1. The Kier molecular flexibility index (Phi) is 3.83. The van der Waals surface area contributed by atoms with Crippen LogP contribution in [-0.2, 0) is 4.74 Å². The van der Waals surface area contributed by atoms with Gasteiger partial charge >= 0.3 is 0 Å². The van der Waals surface area contributed by atoms with Crippen molar-refractivity contribution in [3.05, 3.63) is 0 Å². The van der Waals surface area contributed by atoms with Crippen molar-refractivity contribution in [1.29, 1.82) is 0 Å². The van der Waals surface area contributed by atoms with Crippen molar-refractivity contribution < 1.29 is 14.9 Å². The van der Waals surface area contributed by atoms with Gasteiger partial charge in [0.1, 0.15) is 0 Å². The molecule has 0 spiro atoms. The van der Waals surface area contributed by atoms with Gasteiger partial charge in [0.2, 0.25) is 0 Å². The lowest BCUT2D eigenvalue weighted by Gasteiger charge is -2.27. The van der Waals surface area contributed by atoms with Crippen molar-refractivity contribution in [3.63, 3.8) is 0 Å². The monoisotopic (exact) mass is 160 g/mol. The lowest BCUT2D eigenvalue weighted by molar-refractivity contribution is -0.0666. The molecule has 0 aliphatic heterocycles. The third-order valence-electron chi connectivity index (χ3n) is 2.09. The van der Waals surface area contributed by atoms with E-state index in [9.17, 15) is 5.11 Å². The van der Waals surface area contributed by atoms with E-state index in [-0.39, 0.29) is 18.8 Å². The first-order valence-electron chi connectivity index (χ1n) is 4.25. The summed E-state index contributed by atoms with van der Waals surface area (Å²) in [6.45, 7) is 0.394. The Bertz CT molecular complexity index is 106. The van der Waals surface area contributed by atoms with Crippen molar-refractivity contribution in [2.45, 2.75) is 37.9 Å². The first-order valence-corrected chi connectivity index (χ1v) is 4.25. The zero-order chi connectivity index (χ0) is 8.10. The Balaban J connectivity index is 2.18. The van der Waals surface area contributed by atoms with Gasteiger partial charge in [-0.05, 0) is 12.8 Å². The molecule has 1 fully saturated rings. The lowest BCUT2D eigenvalue weighted by atomic mass is 9.95. The molecule has 1 aliphatic rings. The fourth-order valence-electron chi connectivity index (χ4n) is 1.48. The van der Waals surface area contributed by atoms with Gasteiger partial charge in [-0.25, -0.2) is 0 Å². The Hall–Kier alpha value is -0.120. The van der Waals surface area contributed by atoms with E-state index in [2.05, 4.69) is 0 Å². The largest absolute Gasteiger partial charge is 0.394 e. The molecule has 66 valence electrons. The quantitative estimate of drug-likeness (QED) is 0.624. The molecule has 1 aliphatic carbocycles. The number of ether oxygens (including phenoxy) is 1. The van der Waals surface area contributed by atoms with Gasteiger partial charge in [-0.15, -0.1) is 0 Å². The number of hydrogen-bond acceptors (Lipinski definition) is 3. The maximum atomic E-state index is 9.39. The van der Waals surface area contributed by atoms with Crippen molar-refractivity contribution in [2.24, 2.45) is 0 Å². The second-order valence-electron chi connectivity index (χ2n) is 2.98. The first-order chi connectivity index (χ1) is 5.34. The zero-order valence-corrected chi connectivity index (χ0v) is 6.70. The Labute approximate surface area is 67.0 Å². The highest BCUT2D eigenvalue weighted by molar-refractivity contribution is 4.74. The van der Waals surface area contributed by atoms with Crippen LogP contribution in [-0.4, -0.2) is 35.6 Å². The van der Waals surface area contributed by atoms with Gasteiger partial charge in [0, 0.05) is 0 Å². The average molecular weight is 160 g/mol. The molecule has 0 heterocycles. The Morgan fingerprint density at radius 2 is 2.00 bits per heavy atom. The predicted octanol–water partition coefficient (Wildman–Crippen LogP) is 0.299. The molecule has 11 heavy (non-hydrogen) atoms. The molecule has 0 saturated heterocycles. The van der Waals surface area contributed by atoms with Gasteiger partial charge in [0.15, 0.2) is 0 Å². The average Bonchev–Trinajstić information content (AvgIpc) is 2.03. The molecular weight excluding hydrogens is 144 g/mol. The minimum atomic E-state index is -0.310. The minimum absolute atomic E-state index is 0.0316. The van der Waals surface area contributed by atoms with Gasteiger partial charge in [-0.2, -0.15) is 0 Å². The summed E-state index contributed by atoms with van der Waals surface area (Å²) < 4.78 is 5.24. The highest BCUT2D eigenvalue weighted by Gasteiger charge is 2.22. The van der Waals surface area contributed by atoms with E-state index in [4.69, 9.17) is 9.84 Å². The van der Waals surface area contributed by atoms with Crippen molar-refractivity contribution in [3.8, 4) is 0 Å². The summed E-state index contributed by atoms with van der Waals surface area (Å²) in [6.07, 6.45) is 3.66. The summed E-state index contributed by atoms with van der Waals surface area (Å²) in [5.41, 5.74) is 0. The molecule has 0 aromatic heterocycles. The summed E-state index contributed by atoms with van der Waals surface area (Å²) in [4.78, 5) is 0. The molecule has 2 atom stereocenters. The van der Waals surface area contributed by atoms with E-state index < -0.39 is 0 Å². The topological polar surface area (TPSA) is 49.7 Å². The van der Waals surface area contributed by atoms with Crippen LogP contribution in [0.3, 0.4) is 0 Å². The number of aliphatic hydroxyl groups is 2. The molecule has 0 aromatic carbocycles. The third kappa shape index (κ3) is 2.77. The van der Waals surface area contributed by atoms with Crippen molar-refractivity contribution in [2.75, 3.05) is 13.2 Å². The highest BCUT2D eigenvalue weighted by Crippen LogP contribution is 2.20. The van der Waals surface area contributed by atoms with Crippen molar-refractivity contribution >= 4 is 0 Å². The molecule has 0 aromatic rings. The zero-order valence-electron chi connectivity index (χ0n) is 6.70. The van der Waals surface area contributed by atoms with Gasteiger partial charge in [-0.1, -0.05) is 12.8 Å². The van der Waals surface area contributed by atoms with E-state index >= 15 is 0 Å². The van der Waals surface area contributed by atoms with Crippen LogP contribution in [0.15, 0.2) is 0 Å². The van der Waals surface area contributed by atoms with Gasteiger partial charge < -0.3 is 14.9 Å². The van der Waals surface area contributed by atoms with E-state index in [1.54, 1.807) is 0 Å². The molecule has 0 amide bonds. The smallest absolute Gasteiger partial charge is 0.0835 e. The van der Waals surface area contributed by atoms with E-state index in [0.29, 0.717) is 6.61 Å². The van der Waals surface area contributed by atoms with E-state index in [0.717, 1.165) is 25.7 Å². The first kappa shape index (κ1) is 8.97. The third-order valence-corrected chi connectivity index (χ3v) is 2.09. The number of aliphatic hydroxyl groups excluding tert-OH is 2. The fraction of sp³-hybridized carbons (Fsp3) is 1.00. The van der Waals surface area contributed by atoms with E-state index in [1.165, 1.54) is 0 Å². The minimum Gasteiger partial charge on any atom is -0.394 e. The second kappa shape index (κ2) is 4.70. The molecular formula is C8H16O3. The number of rotatable bonds is 3. The summed E-state index contributed by atoms with van der Waals surface area (Å²) in [5, 5.41) is 17.9. The van der Waals surface area contributed by atoms with Gasteiger partial charge in [0.05, 0.1) is 25.4 Å². The van der Waals surface area contributed by atoms with Gasteiger partial charge in [0.25, 0.3) is 0 Å². The lowest BCUT2D eigenvalue weighted by Crippen LogP contribution is -2.32. The fourth-order valence-corrected chi connectivity index (χ4v) is 1.48. The summed E-state index contributed by atoms with van der Waals surface area (Å²) in [6, 6.07) is 0. The molecule has 0 unspecified atom stereocenters. The summed E-state index contributed by atoms with van der Waals surface area (Å²) in [5.74, 6) is 0. The van der Waals surface area contributed by atoms with Crippen LogP contribution in [0.25, 0.3) is 0 Å². The molecule has 1 saturated carbocycles. The molecule has 3 nitrogen and oxygen atoms in total.